The number of hydrogen-bond donors (Lipinski definition) is 3. The van der Waals surface area contributed by atoms with E-state index >= 15 is 0 Å². The summed E-state index contributed by atoms with van der Waals surface area (Å²) in [5.74, 6) is 0.245. The summed E-state index contributed by atoms with van der Waals surface area (Å²) in [7, 11) is -4.26. The number of nitrogens with zero attached hydrogens (tertiary/aromatic N) is 2. The summed E-state index contributed by atoms with van der Waals surface area (Å²) in [6.07, 6.45) is -0.0807. The Labute approximate surface area is 139 Å². The van der Waals surface area contributed by atoms with Crippen LogP contribution in [-0.4, -0.2) is 25.7 Å². The molecule has 0 spiro atoms. The number of hydrogen-bond acceptors (Lipinski definition) is 4. The molecule has 0 saturated carbocycles. The molecular formula is C15H23FN3O4P. The minimum atomic E-state index is -4.26. The topological polar surface area (TPSA) is 111 Å². The largest absolute Gasteiger partial charge is 0.395 e. The number of benzene rings is 1. The van der Waals surface area contributed by atoms with Gasteiger partial charge in [0, 0.05) is 6.54 Å². The van der Waals surface area contributed by atoms with Gasteiger partial charge in [0.1, 0.15) is 30.1 Å². The molecule has 2 aromatic rings. The Balaban J connectivity index is 2.53. The highest BCUT2D eigenvalue weighted by molar-refractivity contribution is 7.51. The Hall–Kier alpha value is -1.47. The van der Waals surface area contributed by atoms with E-state index < -0.39 is 19.8 Å². The first-order chi connectivity index (χ1) is 11.1. The van der Waals surface area contributed by atoms with Crippen LogP contribution in [0.1, 0.15) is 32.2 Å². The summed E-state index contributed by atoms with van der Waals surface area (Å²) in [4.78, 5) is 22.2. The zero-order valence-electron chi connectivity index (χ0n) is 14.0. The van der Waals surface area contributed by atoms with Crippen molar-refractivity contribution in [2.24, 2.45) is 5.92 Å². The number of rotatable bonds is 7. The third-order valence-electron chi connectivity index (χ3n) is 3.58. The second kappa shape index (κ2) is 7.19. The molecule has 134 valence electrons. The lowest BCUT2D eigenvalue weighted by Crippen LogP contribution is -2.11. The average molecular weight is 359 g/mol. The smallest absolute Gasteiger partial charge is 0.350 e. The van der Waals surface area contributed by atoms with Crippen LogP contribution in [0.5, 0.6) is 0 Å². The van der Waals surface area contributed by atoms with Crippen LogP contribution in [0.15, 0.2) is 6.07 Å². The molecule has 0 unspecified atom stereocenters. The predicted molar refractivity (Wildman–Crippen MR) is 90.0 cm³/mol. The molecular weight excluding hydrogens is 336 g/mol. The fourth-order valence-electron chi connectivity index (χ4n) is 2.62. The van der Waals surface area contributed by atoms with Gasteiger partial charge in [0.05, 0.1) is 11.2 Å². The summed E-state index contributed by atoms with van der Waals surface area (Å²) in [5, 5.41) is 0. The summed E-state index contributed by atoms with van der Waals surface area (Å²) in [6, 6.07) is 1.41. The minimum absolute atomic E-state index is 0.0269. The molecule has 0 fully saturated rings. The van der Waals surface area contributed by atoms with Gasteiger partial charge in [0.2, 0.25) is 0 Å². The van der Waals surface area contributed by atoms with Crippen molar-refractivity contribution in [1.82, 2.24) is 9.55 Å². The van der Waals surface area contributed by atoms with Crippen molar-refractivity contribution >= 4 is 24.3 Å². The monoisotopic (exact) mass is 359 g/mol. The van der Waals surface area contributed by atoms with E-state index in [0.717, 1.165) is 11.1 Å². The fourth-order valence-corrected chi connectivity index (χ4v) is 2.95. The number of imidazole rings is 1. The van der Waals surface area contributed by atoms with Crippen LogP contribution in [0.4, 0.5) is 10.1 Å². The summed E-state index contributed by atoms with van der Waals surface area (Å²) >= 11 is 0. The van der Waals surface area contributed by atoms with Crippen LogP contribution < -0.4 is 5.73 Å². The number of ether oxygens (including phenoxy) is 1. The normalized spacial score (nSPS) is 12.5. The van der Waals surface area contributed by atoms with Gasteiger partial charge in [-0.2, -0.15) is 0 Å². The maximum atomic E-state index is 14.0. The second-order valence-electron chi connectivity index (χ2n) is 6.16. The third kappa shape index (κ3) is 4.13. The zero-order valence-corrected chi connectivity index (χ0v) is 14.9. The molecule has 7 nitrogen and oxygen atoms in total. The van der Waals surface area contributed by atoms with Crippen LogP contribution in [0.25, 0.3) is 11.0 Å². The Morgan fingerprint density at radius 1 is 1.46 bits per heavy atom. The molecule has 0 saturated heterocycles. The van der Waals surface area contributed by atoms with Gasteiger partial charge in [-0.1, -0.05) is 20.8 Å². The van der Waals surface area contributed by atoms with Crippen molar-refractivity contribution in [2.75, 3.05) is 12.1 Å². The van der Waals surface area contributed by atoms with Crippen molar-refractivity contribution in [3.63, 3.8) is 0 Å². The molecule has 9 heteroatoms. The summed E-state index contributed by atoms with van der Waals surface area (Å²) in [5.41, 5.74) is 7.71. The second-order valence-corrected chi connectivity index (χ2v) is 7.74. The highest BCUT2D eigenvalue weighted by atomic mass is 31.2. The van der Waals surface area contributed by atoms with E-state index in [2.05, 4.69) is 4.98 Å². The van der Waals surface area contributed by atoms with E-state index in [4.69, 9.17) is 20.3 Å². The molecule has 1 aromatic carbocycles. The van der Waals surface area contributed by atoms with Gasteiger partial charge < -0.3 is 24.8 Å². The summed E-state index contributed by atoms with van der Waals surface area (Å²) in [6.45, 7) is 6.51. The third-order valence-corrected chi connectivity index (χ3v) is 4.10. The van der Waals surface area contributed by atoms with Gasteiger partial charge in [-0.25, -0.2) is 9.37 Å². The molecule has 0 aliphatic carbocycles. The standard InChI is InChI=1S/C15H23FN3O4P/c1-4-10-5-11(16)13(17)14-15(10)19(6-9(2)3)12(18-14)7-23-8-24(20,21)22/h5,9H,4,6-8,17H2,1-3H3,(H2,20,21,22). The molecule has 0 radical (unpaired) electrons. The fraction of sp³-hybridized carbons (Fsp3) is 0.533. The number of nitrogens with two attached hydrogens (primary N) is 1. The number of fused-ring (bicyclic) bond motifs is 1. The Morgan fingerprint density at radius 3 is 2.67 bits per heavy atom. The van der Waals surface area contributed by atoms with E-state index in [1.165, 1.54) is 6.07 Å². The van der Waals surface area contributed by atoms with Crippen molar-refractivity contribution in [1.29, 1.82) is 0 Å². The lowest BCUT2D eigenvalue weighted by molar-refractivity contribution is 0.136. The van der Waals surface area contributed by atoms with Crippen molar-refractivity contribution in [2.45, 2.75) is 40.3 Å². The zero-order chi connectivity index (χ0) is 18.1. The predicted octanol–water partition coefficient (Wildman–Crippen LogP) is 2.63. The number of aromatic nitrogens is 2. The Bertz CT molecular complexity index is 785. The van der Waals surface area contributed by atoms with Gasteiger partial charge in [0.15, 0.2) is 0 Å². The highest BCUT2D eigenvalue weighted by Gasteiger charge is 2.20. The molecule has 1 heterocycles. The lowest BCUT2D eigenvalue weighted by Gasteiger charge is -2.14. The first-order valence-electron chi connectivity index (χ1n) is 7.72. The number of aryl methyl sites for hydroxylation is 1. The number of nitrogen functional groups attached to an aromatic ring is 1. The van der Waals surface area contributed by atoms with E-state index in [1.807, 2.05) is 25.3 Å². The van der Waals surface area contributed by atoms with Crippen LogP contribution >= 0.6 is 7.60 Å². The number of anilines is 1. The molecule has 24 heavy (non-hydrogen) atoms. The maximum Gasteiger partial charge on any atom is 0.350 e. The van der Waals surface area contributed by atoms with Gasteiger partial charge in [0.25, 0.3) is 0 Å². The van der Waals surface area contributed by atoms with Crippen molar-refractivity contribution in [3.05, 3.63) is 23.3 Å². The quantitative estimate of drug-likeness (QED) is 0.518. The lowest BCUT2D eigenvalue weighted by atomic mass is 10.1. The molecule has 0 aliphatic heterocycles. The van der Waals surface area contributed by atoms with Crippen LogP contribution in [0.2, 0.25) is 0 Å². The van der Waals surface area contributed by atoms with Crippen molar-refractivity contribution < 1.29 is 23.5 Å². The minimum Gasteiger partial charge on any atom is -0.395 e. The van der Waals surface area contributed by atoms with Gasteiger partial charge in [-0.05, 0) is 24.0 Å². The molecule has 2 rings (SSSR count). The van der Waals surface area contributed by atoms with Crippen molar-refractivity contribution in [3.8, 4) is 0 Å². The highest BCUT2D eigenvalue weighted by Crippen LogP contribution is 2.35. The molecule has 0 amide bonds. The number of halogens is 1. The van der Waals surface area contributed by atoms with Gasteiger partial charge >= 0.3 is 7.60 Å². The van der Waals surface area contributed by atoms with E-state index in [0.29, 0.717) is 30.2 Å². The molecule has 0 aliphatic rings. The molecule has 4 N–H and O–H groups in total. The van der Waals surface area contributed by atoms with Gasteiger partial charge in [-0.15, -0.1) is 0 Å². The maximum absolute atomic E-state index is 14.0. The van der Waals surface area contributed by atoms with E-state index in [-0.39, 0.29) is 12.3 Å². The first-order valence-corrected chi connectivity index (χ1v) is 9.52. The van der Waals surface area contributed by atoms with Crippen LogP contribution in [-0.2, 0) is 28.9 Å². The van der Waals surface area contributed by atoms with Crippen LogP contribution in [0.3, 0.4) is 0 Å². The average Bonchev–Trinajstić information content (AvgIpc) is 2.80. The summed E-state index contributed by atoms with van der Waals surface area (Å²) < 4.78 is 31.9. The molecule has 1 aromatic heterocycles. The Kier molecular flexibility index (Phi) is 5.65. The van der Waals surface area contributed by atoms with Gasteiger partial charge in [-0.3, -0.25) is 4.57 Å². The SMILES string of the molecule is CCc1cc(F)c(N)c2nc(COCP(=O)(O)O)n(CC(C)C)c12. The van der Waals surface area contributed by atoms with Crippen LogP contribution in [0, 0.1) is 11.7 Å². The van der Waals surface area contributed by atoms with E-state index in [9.17, 15) is 8.96 Å². The Morgan fingerprint density at radius 2 is 2.12 bits per heavy atom. The first kappa shape index (κ1) is 18.9. The molecule has 0 bridgehead atoms. The van der Waals surface area contributed by atoms with E-state index in [1.54, 1.807) is 0 Å². The molecule has 0 atom stereocenters.